The third-order valence-corrected chi connectivity index (χ3v) is 7.00. The summed E-state index contributed by atoms with van der Waals surface area (Å²) in [5.41, 5.74) is 4.55. The zero-order valence-electron chi connectivity index (χ0n) is 15.5. The van der Waals surface area contributed by atoms with Gasteiger partial charge >= 0.3 is 0 Å². The first-order valence-electron chi connectivity index (χ1n) is 9.24. The van der Waals surface area contributed by atoms with Crippen molar-refractivity contribution in [3.8, 4) is 22.5 Å². The molecule has 0 aliphatic carbocycles. The molecule has 0 radical (unpaired) electrons. The Bertz CT molecular complexity index is 1380. The molecule has 0 amide bonds. The van der Waals surface area contributed by atoms with Crippen molar-refractivity contribution >= 4 is 55.0 Å². The number of rotatable bonds is 2. The molecule has 0 spiro atoms. The van der Waals surface area contributed by atoms with Crippen LogP contribution in [0.25, 0.3) is 54.8 Å². The second kappa shape index (κ2) is 5.84. The molecule has 2 aromatic heterocycles. The molecule has 0 N–H and O–H groups in total. The van der Waals surface area contributed by atoms with Crippen LogP contribution in [0.3, 0.4) is 0 Å². The van der Waals surface area contributed by atoms with Crippen LogP contribution in [0.4, 0.5) is 0 Å². The molecule has 0 unspecified atom stereocenters. The first-order valence-corrected chi connectivity index (χ1v) is 11.0. The van der Waals surface area contributed by atoms with Gasteiger partial charge in [0.2, 0.25) is 0 Å². The lowest BCUT2D eigenvalue weighted by Crippen LogP contribution is -1.89. The molecule has 2 nitrogen and oxygen atoms in total. The van der Waals surface area contributed by atoms with Crippen LogP contribution in [0.5, 0.6) is 0 Å². The Labute approximate surface area is 170 Å². The van der Waals surface area contributed by atoms with Crippen LogP contribution in [0, 0.1) is 13.8 Å². The Hall–Kier alpha value is -2.82. The van der Waals surface area contributed by atoms with Gasteiger partial charge in [-0.1, -0.05) is 48.5 Å². The van der Waals surface area contributed by atoms with Crippen LogP contribution in [0.1, 0.15) is 10.0 Å². The monoisotopic (exact) mass is 396 g/mol. The normalized spacial score (nSPS) is 11.9. The summed E-state index contributed by atoms with van der Waals surface area (Å²) in [4.78, 5) is 9.48. The summed E-state index contributed by atoms with van der Waals surface area (Å²) in [6, 6.07) is 17.9. The number of hydrogen-bond acceptors (Lipinski definition) is 4. The lowest BCUT2D eigenvalue weighted by Gasteiger charge is -2.15. The smallest absolute Gasteiger partial charge is 0.0901 e. The molecule has 28 heavy (non-hydrogen) atoms. The summed E-state index contributed by atoms with van der Waals surface area (Å²) in [6.45, 7) is 4.12. The van der Waals surface area contributed by atoms with E-state index in [-0.39, 0.29) is 0 Å². The quantitative estimate of drug-likeness (QED) is 0.284. The maximum absolute atomic E-state index is 4.74. The zero-order valence-corrected chi connectivity index (χ0v) is 17.1. The first kappa shape index (κ1) is 16.2. The molecule has 4 heteroatoms. The minimum absolute atomic E-state index is 1.07. The minimum atomic E-state index is 1.07. The summed E-state index contributed by atoms with van der Waals surface area (Å²) < 4.78 is 0. The van der Waals surface area contributed by atoms with Crippen molar-refractivity contribution in [1.29, 1.82) is 0 Å². The van der Waals surface area contributed by atoms with Crippen molar-refractivity contribution in [2.75, 3.05) is 0 Å². The van der Waals surface area contributed by atoms with E-state index in [4.69, 9.17) is 9.97 Å². The molecule has 134 valence electrons. The first-order chi connectivity index (χ1) is 13.7. The molecule has 0 bridgehead atoms. The predicted octanol–water partition coefficient (Wildman–Crippen LogP) is 7.45. The minimum Gasteiger partial charge on any atom is -0.242 e. The van der Waals surface area contributed by atoms with Crippen molar-refractivity contribution in [2.24, 2.45) is 0 Å². The fraction of sp³-hybridized carbons (Fsp3) is 0.0833. The van der Waals surface area contributed by atoms with Crippen LogP contribution < -0.4 is 0 Å². The highest BCUT2D eigenvalue weighted by molar-refractivity contribution is 7.10. The number of hydrogen-bond donors (Lipinski definition) is 0. The summed E-state index contributed by atoms with van der Waals surface area (Å²) >= 11 is 3.41. The summed E-state index contributed by atoms with van der Waals surface area (Å²) in [5, 5.41) is 14.3. The molecule has 0 aliphatic rings. The third kappa shape index (κ3) is 2.25. The molecule has 6 aromatic rings. The van der Waals surface area contributed by atoms with Gasteiger partial charge in [0.15, 0.2) is 0 Å². The molecule has 0 atom stereocenters. The Morgan fingerprint density at radius 2 is 1.00 bits per heavy atom. The molecule has 4 aromatic carbocycles. The van der Waals surface area contributed by atoms with Gasteiger partial charge in [-0.15, -0.1) is 22.7 Å². The zero-order chi connectivity index (χ0) is 18.8. The van der Waals surface area contributed by atoms with Crippen LogP contribution in [0.2, 0.25) is 0 Å². The highest BCUT2D eigenvalue weighted by Gasteiger charge is 2.16. The van der Waals surface area contributed by atoms with E-state index in [9.17, 15) is 0 Å². The Kier molecular flexibility index (Phi) is 3.37. The van der Waals surface area contributed by atoms with Crippen LogP contribution in [-0.2, 0) is 0 Å². The van der Waals surface area contributed by atoms with E-state index in [0.29, 0.717) is 0 Å². The summed E-state index contributed by atoms with van der Waals surface area (Å²) in [5.74, 6) is 0. The van der Waals surface area contributed by atoms with Crippen molar-refractivity contribution in [3.05, 3.63) is 69.3 Å². The van der Waals surface area contributed by atoms with Gasteiger partial charge in [-0.25, -0.2) is 9.97 Å². The van der Waals surface area contributed by atoms with Gasteiger partial charge in [0.1, 0.15) is 0 Å². The molecule has 2 heterocycles. The number of aryl methyl sites for hydroxylation is 2. The largest absolute Gasteiger partial charge is 0.242 e. The van der Waals surface area contributed by atoms with Gasteiger partial charge < -0.3 is 0 Å². The SMILES string of the molecule is Cc1nc(-c2ccc3ccc4c(-c5csc(C)n5)ccc5ccc2c3c54)cs1. The fourth-order valence-electron chi connectivity index (χ4n) is 4.22. The molecular weight excluding hydrogens is 380 g/mol. The Balaban J connectivity index is 1.75. The number of benzene rings is 4. The van der Waals surface area contributed by atoms with Gasteiger partial charge in [0, 0.05) is 21.9 Å². The van der Waals surface area contributed by atoms with E-state index in [2.05, 4.69) is 73.1 Å². The fourth-order valence-corrected chi connectivity index (χ4v) is 5.45. The molecule has 0 fully saturated rings. The van der Waals surface area contributed by atoms with Crippen LogP contribution >= 0.6 is 22.7 Å². The molecule has 0 saturated heterocycles. The number of aromatic nitrogens is 2. The van der Waals surface area contributed by atoms with Crippen LogP contribution in [0.15, 0.2) is 59.3 Å². The van der Waals surface area contributed by atoms with E-state index in [0.717, 1.165) is 21.4 Å². The highest BCUT2D eigenvalue weighted by Crippen LogP contribution is 2.42. The third-order valence-electron chi connectivity index (χ3n) is 5.45. The van der Waals surface area contributed by atoms with E-state index in [1.165, 1.54) is 43.4 Å². The van der Waals surface area contributed by atoms with E-state index in [1.54, 1.807) is 22.7 Å². The second-order valence-electron chi connectivity index (χ2n) is 7.15. The number of nitrogens with zero attached hydrogens (tertiary/aromatic N) is 2. The van der Waals surface area contributed by atoms with Gasteiger partial charge in [-0.2, -0.15) is 0 Å². The molecule has 0 saturated carbocycles. The van der Waals surface area contributed by atoms with Crippen molar-refractivity contribution in [3.63, 3.8) is 0 Å². The van der Waals surface area contributed by atoms with E-state index >= 15 is 0 Å². The topological polar surface area (TPSA) is 25.8 Å². The average molecular weight is 397 g/mol. The van der Waals surface area contributed by atoms with E-state index < -0.39 is 0 Å². The Morgan fingerprint density at radius 1 is 0.571 bits per heavy atom. The summed E-state index contributed by atoms with van der Waals surface area (Å²) in [7, 11) is 0. The standard InChI is InChI=1S/C24H16N2S2/c1-13-25-21(11-27-13)17-7-3-15-6-10-20-18(22-12-28-14(2)26-22)8-4-16-5-9-19(17)23(15)24(16)20/h3-12H,1-2H3. The van der Waals surface area contributed by atoms with E-state index in [1.807, 2.05) is 0 Å². The van der Waals surface area contributed by atoms with Crippen molar-refractivity contribution in [1.82, 2.24) is 9.97 Å². The number of thiazole rings is 2. The molecule has 0 aliphatic heterocycles. The second-order valence-corrected chi connectivity index (χ2v) is 9.28. The Morgan fingerprint density at radius 3 is 1.39 bits per heavy atom. The van der Waals surface area contributed by atoms with Gasteiger partial charge in [0.25, 0.3) is 0 Å². The highest BCUT2D eigenvalue weighted by atomic mass is 32.1. The molecular formula is C24H16N2S2. The lowest BCUT2D eigenvalue weighted by atomic mass is 9.89. The van der Waals surface area contributed by atoms with Crippen molar-refractivity contribution < 1.29 is 0 Å². The average Bonchev–Trinajstić information content (AvgIpc) is 3.34. The maximum atomic E-state index is 4.74. The maximum Gasteiger partial charge on any atom is 0.0901 e. The van der Waals surface area contributed by atoms with Gasteiger partial charge in [0.05, 0.1) is 21.4 Å². The lowest BCUT2D eigenvalue weighted by molar-refractivity contribution is 1.30. The molecule has 6 rings (SSSR count). The van der Waals surface area contributed by atoms with Crippen molar-refractivity contribution in [2.45, 2.75) is 13.8 Å². The van der Waals surface area contributed by atoms with Gasteiger partial charge in [-0.3, -0.25) is 0 Å². The predicted molar refractivity (Wildman–Crippen MR) is 122 cm³/mol. The van der Waals surface area contributed by atoms with Crippen LogP contribution in [-0.4, -0.2) is 9.97 Å². The van der Waals surface area contributed by atoms with Gasteiger partial charge in [-0.05, 0) is 46.2 Å². The summed E-state index contributed by atoms with van der Waals surface area (Å²) in [6.07, 6.45) is 0.